The SMILES string of the molecule is CCC(C(=O)NC(C)C)N(Cc1ccc(Cl)c(Cl)c1)C(=O)Cc1ccccc1F. The normalized spacial score (nSPS) is 12.0. The van der Waals surface area contributed by atoms with Crippen molar-refractivity contribution in [2.24, 2.45) is 0 Å². The van der Waals surface area contributed by atoms with Crippen LogP contribution in [0.25, 0.3) is 0 Å². The van der Waals surface area contributed by atoms with Gasteiger partial charge >= 0.3 is 0 Å². The number of carbonyl (C=O) groups is 2. The number of nitrogens with one attached hydrogen (secondary N) is 1. The number of hydrogen-bond acceptors (Lipinski definition) is 2. The Hall–Kier alpha value is -2.11. The lowest BCUT2D eigenvalue weighted by Gasteiger charge is -2.31. The van der Waals surface area contributed by atoms with Crippen molar-refractivity contribution >= 4 is 35.0 Å². The van der Waals surface area contributed by atoms with Gasteiger partial charge in [0, 0.05) is 12.6 Å². The third kappa shape index (κ3) is 6.44. The monoisotopic (exact) mass is 438 g/mol. The molecule has 7 heteroatoms. The van der Waals surface area contributed by atoms with E-state index < -0.39 is 11.9 Å². The minimum Gasteiger partial charge on any atom is -0.352 e. The van der Waals surface area contributed by atoms with Crippen LogP contribution < -0.4 is 5.32 Å². The van der Waals surface area contributed by atoms with Crippen LogP contribution in [0, 0.1) is 5.82 Å². The molecule has 0 aliphatic rings. The third-order valence-electron chi connectivity index (χ3n) is 4.45. The van der Waals surface area contributed by atoms with Crippen molar-refractivity contribution in [3.63, 3.8) is 0 Å². The van der Waals surface area contributed by atoms with Crippen molar-refractivity contribution in [2.45, 2.75) is 52.2 Å². The molecule has 0 aliphatic carbocycles. The molecule has 0 aliphatic heterocycles. The van der Waals surface area contributed by atoms with Crippen LogP contribution in [0.4, 0.5) is 4.39 Å². The Labute approximate surface area is 181 Å². The van der Waals surface area contributed by atoms with E-state index in [1.54, 1.807) is 36.4 Å². The summed E-state index contributed by atoms with van der Waals surface area (Å²) in [7, 11) is 0. The smallest absolute Gasteiger partial charge is 0.243 e. The summed E-state index contributed by atoms with van der Waals surface area (Å²) in [6.07, 6.45) is 0.280. The van der Waals surface area contributed by atoms with Gasteiger partial charge in [-0.05, 0) is 49.6 Å². The van der Waals surface area contributed by atoms with Crippen LogP contribution in [0.5, 0.6) is 0 Å². The zero-order chi connectivity index (χ0) is 21.6. The molecule has 0 spiro atoms. The maximum absolute atomic E-state index is 14.1. The lowest BCUT2D eigenvalue weighted by atomic mass is 10.1. The highest BCUT2D eigenvalue weighted by Gasteiger charge is 2.29. The molecule has 4 nitrogen and oxygen atoms in total. The van der Waals surface area contributed by atoms with E-state index >= 15 is 0 Å². The molecule has 2 rings (SSSR count). The Morgan fingerprint density at radius 2 is 1.79 bits per heavy atom. The van der Waals surface area contributed by atoms with Crippen LogP contribution in [0.2, 0.25) is 10.0 Å². The molecule has 156 valence electrons. The maximum Gasteiger partial charge on any atom is 0.243 e. The summed E-state index contributed by atoms with van der Waals surface area (Å²) in [4.78, 5) is 27.3. The number of amides is 2. The van der Waals surface area contributed by atoms with Crippen LogP contribution in [0.3, 0.4) is 0 Å². The number of hydrogen-bond donors (Lipinski definition) is 1. The Balaban J connectivity index is 2.34. The first-order valence-corrected chi connectivity index (χ1v) is 10.3. The molecule has 0 radical (unpaired) electrons. The van der Waals surface area contributed by atoms with E-state index in [1.807, 2.05) is 20.8 Å². The van der Waals surface area contributed by atoms with Gasteiger partial charge in [0.1, 0.15) is 11.9 Å². The van der Waals surface area contributed by atoms with Gasteiger partial charge in [0.15, 0.2) is 0 Å². The zero-order valence-corrected chi connectivity index (χ0v) is 18.2. The topological polar surface area (TPSA) is 49.4 Å². The van der Waals surface area contributed by atoms with Gasteiger partial charge in [0.05, 0.1) is 16.5 Å². The molecule has 1 unspecified atom stereocenters. The van der Waals surface area contributed by atoms with Crippen LogP contribution >= 0.6 is 23.2 Å². The fraction of sp³-hybridized carbons (Fsp3) is 0.364. The summed E-state index contributed by atoms with van der Waals surface area (Å²) in [5.74, 6) is -1.04. The van der Waals surface area contributed by atoms with E-state index in [1.165, 1.54) is 11.0 Å². The van der Waals surface area contributed by atoms with E-state index in [2.05, 4.69) is 5.32 Å². The molecule has 0 saturated heterocycles. The number of rotatable bonds is 8. The van der Waals surface area contributed by atoms with E-state index in [9.17, 15) is 14.0 Å². The summed E-state index contributed by atoms with van der Waals surface area (Å²) in [6, 6.07) is 10.4. The summed E-state index contributed by atoms with van der Waals surface area (Å²) in [6.45, 7) is 5.71. The molecule has 0 aromatic heterocycles. The van der Waals surface area contributed by atoms with Gasteiger partial charge in [0.2, 0.25) is 11.8 Å². The number of halogens is 3. The molecule has 2 aromatic rings. The highest BCUT2D eigenvalue weighted by Crippen LogP contribution is 2.24. The summed E-state index contributed by atoms with van der Waals surface area (Å²) in [5, 5.41) is 3.63. The van der Waals surface area contributed by atoms with Crippen molar-refractivity contribution in [2.75, 3.05) is 0 Å². The van der Waals surface area contributed by atoms with Gasteiger partial charge in [0.25, 0.3) is 0 Å². The molecular formula is C22H25Cl2FN2O2. The second-order valence-electron chi connectivity index (χ2n) is 7.13. The first-order valence-electron chi connectivity index (χ1n) is 9.50. The molecule has 1 atom stereocenters. The standard InChI is InChI=1S/C22H25Cl2FN2O2/c1-4-20(22(29)26-14(2)3)27(13-15-9-10-17(23)18(24)11-15)21(28)12-16-7-5-6-8-19(16)25/h5-11,14,20H,4,12-13H2,1-3H3,(H,26,29). The van der Waals surface area contributed by atoms with Gasteiger partial charge in [-0.3, -0.25) is 9.59 Å². The van der Waals surface area contributed by atoms with E-state index in [4.69, 9.17) is 23.2 Å². The minimum atomic E-state index is -0.689. The van der Waals surface area contributed by atoms with Crippen molar-refractivity contribution in [1.82, 2.24) is 10.2 Å². The van der Waals surface area contributed by atoms with Crippen LogP contribution in [0.15, 0.2) is 42.5 Å². The molecule has 0 heterocycles. The van der Waals surface area contributed by atoms with Crippen molar-refractivity contribution in [1.29, 1.82) is 0 Å². The van der Waals surface area contributed by atoms with Crippen LogP contribution in [-0.4, -0.2) is 28.8 Å². The third-order valence-corrected chi connectivity index (χ3v) is 5.19. The second-order valence-corrected chi connectivity index (χ2v) is 7.94. The van der Waals surface area contributed by atoms with Crippen LogP contribution in [-0.2, 0) is 22.6 Å². The molecule has 0 bridgehead atoms. The summed E-state index contributed by atoms with van der Waals surface area (Å²) in [5.41, 5.74) is 1.02. The van der Waals surface area contributed by atoms with E-state index in [-0.39, 0.29) is 36.4 Å². The predicted octanol–water partition coefficient (Wildman–Crippen LogP) is 5.01. The molecular weight excluding hydrogens is 414 g/mol. The van der Waals surface area contributed by atoms with Crippen molar-refractivity contribution in [3.8, 4) is 0 Å². The fourth-order valence-electron chi connectivity index (χ4n) is 3.04. The Bertz CT molecular complexity index is 874. The molecule has 1 N–H and O–H groups in total. The van der Waals surface area contributed by atoms with Gasteiger partial charge in [-0.2, -0.15) is 0 Å². The lowest BCUT2D eigenvalue weighted by Crippen LogP contribution is -2.50. The largest absolute Gasteiger partial charge is 0.352 e. The number of nitrogens with zero attached hydrogens (tertiary/aromatic N) is 1. The predicted molar refractivity (Wildman–Crippen MR) is 114 cm³/mol. The van der Waals surface area contributed by atoms with Gasteiger partial charge in [-0.1, -0.05) is 54.4 Å². The minimum absolute atomic E-state index is 0.0648. The lowest BCUT2D eigenvalue weighted by molar-refractivity contribution is -0.141. The highest BCUT2D eigenvalue weighted by molar-refractivity contribution is 6.42. The van der Waals surface area contributed by atoms with Gasteiger partial charge < -0.3 is 10.2 Å². The molecule has 0 fully saturated rings. The maximum atomic E-state index is 14.1. The Kier molecular flexibility index (Phi) is 8.47. The van der Waals surface area contributed by atoms with Crippen molar-refractivity contribution < 1.29 is 14.0 Å². The quantitative estimate of drug-likeness (QED) is 0.629. The molecule has 29 heavy (non-hydrogen) atoms. The van der Waals surface area contributed by atoms with Gasteiger partial charge in [-0.15, -0.1) is 0 Å². The Morgan fingerprint density at radius 1 is 1.10 bits per heavy atom. The van der Waals surface area contributed by atoms with Crippen molar-refractivity contribution in [3.05, 3.63) is 69.5 Å². The average molecular weight is 439 g/mol. The molecule has 2 aromatic carbocycles. The summed E-state index contributed by atoms with van der Waals surface area (Å²) >= 11 is 12.1. The first kappa shape index (κ1) is 23.2. The highest BCUT2D eigenvalue weighted by atomic mass is 35.5. The summed E-state index contributed by atoms with van der Waals surface area (Å²) < 4.78 is 14.1. The average Bonchev–Trinajstić information content (AvgIpc) is 2.65. The fourth-order valence-corrected chi connectivity index (χ4v) is 3.36. The molecule has 2 amide bonds. The number of carbonyl (C=O) groups excluding carboxylic acids is 2. The first-order chi connectivity index (χ1) is 13.7. The Morgan fingerprint density at radius 3 is 2.38 bits per heavy atom. The molecule has 0 saturated carbocycles. The zero-order valence-electron chi connectivity index (χ0n) is 16.7. The van der Waals surface area contributed by atoms with E-state index in [0.29, 0.717) is 16.5 Å². The number of benzene rings is 2. The van der Waals surface area contributed by atoms with Gasteiger partial charge in [-0.25, -0.2) is 4.39 Å². The van der Waals surface area contributed by atoms with Crippen LogP contribution in [0.1, 0.15) is 38.3 Å². The second kappa shape index (κ2) is 10.6. The van der Waals surface area contributed by atoms with E-state index in [0.717, 1.165) is 5.56 Å².